The zero-order chi connectivity index (χ0) is 13.1. The molecule has 0 radical (unpaired) electrons. The van der Waals surface area contributed by atoms with Crippen molar-refractivity contribution in [2.24, 2.45) is 0 Å². The van der Waals surface area contributed by atoms with Gasteiger partial charge in [-0.25, -0.2) is 4.98 Å². The summed E-state index contributed by atoms with van der Waals surface area (Å²) in [6.07, 6.45) is 3.83. The smallest absolute Gasteiger partial charge is 0.150 e. The van der Waals surface area contributed by atoms with Crippen LogP contribution in [0.25, 0.3) is 10.7 Å². The van der Waals surface area contributed by atoms with E-state index in [1.165, 1.54) is 10.4 Å². The lowest BCUT2D eigenvalue weighted by molar-refractivity contribution is 0.282. The average Bonchev–Trinajstić information content (AvgIpc) is 3.10. The molecule has 1 N–H and O–H groups in total. The van der Waals surface area contributed by atoms with Crippen molar-refractivity contribution in [3.05, 3.63) is 65.3 Å². The standard InChI is InChI=1S/C15H14N2OS/c18-11-13-5-3-12(4-6-13)10-17-8-7-16-15(17)14-2-1-9-19-14/h1-9,18H,10-11H2. The second kappa shape index (κ2) is 5.38. The fourth-order valence-corrected chi connectivity index (χ4v) is 2.75. The summed E-state index contributed by atoms with van der Waals surface area (Å²) in [5, 5.41) is 11.1. The maximum atomic E-state index is 9.04. The Labute approximate surface area is 115 Å². The zero-order valence-electron chi connectivity index (χ0n) is 10.4. The third kappa shape index (κ3) is 2.59. The van der Waals surface area contributed by atoms with Gasteiger partial charge in [-0.1, -0.05) is 30.3 Å². The highest BCUT2D eigenvalue weighted by molar-refractivity contribution is 7.13. The topological polar surface area (TPSA) is 38.0 Å². The highest BCUT2D eigenvalue weighted by Gasteiger charge is 2.07. The predicted octanol–water partition coefficient (Wildman–Crippen LogP) is 3.15. The van der Waals surface area contributed by atoms with E-state index >= 15 is 0 Å². The quantitative estimate of drug-likeness (QED) is 0.791. The van der Waals surface area contributed by atoms with Crippen molar-refractivity contribution >= 4 is 11.3 Å². The number of hydrogen-bond acceptors (Lipinski definition) is 3. The first kappa shape index (κ1) is 12.1. The zero-order valence-corrected chi connectivity index (χ0v) is 11.2. The molecule has 0 aliphatic carbocycles. The molecule has 0 fully saturated rings. The van der Waals surface area contributed by atoms with Crippen LogP contribution in [0.4, 0.5) is 0 Å². The third-order valence-corrected chi connectivity index (χ3v) is 3.88. The Morgan fingerprint density at radius 3 is 2.58 bits per heavy atom. The minimum absolute atomic E-state index is 0.0891. The summed E-state index contributed by atoms with van der Waals surface area (Å²) >= 11 is 1.70. The van der Waals surface area contributed by atoms with Crippen molar-refractivity contribution in [3.8, 4) is 10.7 Å². The molecule has 0 saturated carbocycles. The van der Waals surface area contributed by atoms with E-state index in [2.05, 4.69) is 21.0 Å². The molecule has 0 spiro atoms. The highest BCUT2D eigenvalue weighted by Crippen LogP contribution is 2.23. The van der Waals surface area contributed by atoms with Gasteiger partial charge in [0.1, 0.15) is 5.82 Å². The number of nitrogens with zero attached hydrogens (tertiary/aromatic N) is 2. The summed E-state index contributed by atoms with van der Waals surface area (Å²) in [7, 11) is 0. The molecule has 3 nitrogen and oxygen atoms in total. The van der Waals surface area contributed by atoms with Gasteiger partial charge in [-0.15, -0.1) is 11.3 Å². The molecule has 4 heteroatoms. The Balaban J connectivity index is 1.85. The Morgan fingerprint density at radius 1 is 1.11 bits per heavy atom. The Kier molecular flexibility index (Phi) is 3.44. The summed E-state index contributed by atoms with van der Waals surface area (Å²) in [5.74, 6) is 1.00. The van der Waals surface area contributed by atoms with Crippen molar-refractivity contribution in [2.75, 3.05) is 0 Å². The molecule has 0 aliphatic rings. The van der Waals surface area contributed by atoms with Crippen molar-refractivity contribution in [1.82, 2.24) is 9.55 Å². The van der Waals surface area contributed by atoms with Crippen LogP contribution in [0.1, 0.15) is 11.1 Å². The highest BCUT2D eigenvalue weighted by atomic mass is 32.1. The number of rotatable bonds is 4. The molecule has 0 saturated heterocycles. The minimum atomic E-state index is 0.0891. The van der Waals surface area contributed by atoms with E-state index in [9.17, 15) is 0 Å². The van der Waals surface area contributed by atoms with Crippen LogP contribution in [0, 0.1) is 0 Å². The number of hydrogen-bond donors (Lipinski definition) is 1. The first-order chi connectivity index (χ1) is 9.36. The van der Waals surface area contributed by atoms with Gasteiger partial charge in [-0.05, 0) is 22.6 Å². The molecule has 0 unspecified atom stereocenters. The maximum Gasteiger partial charge on any atom is 0.150 e. The van der Waals surface area contributed by atoms with Crippen molar-refractivity contribution in [1.29, 1.82) is 0 Å². The lowest BCUT2D eigenvalue weighted by Crippen LogP contribution is -2.00. The summed E-state index contributed by atoms with van der Waals surface area (Å²) in [4.78, 5) is 5.60. The number of imidazole rings is 1. The molecule has 2 aromatic heterocycles. The second-order valence-corrected chi connectivity index (χ2v) is 5.28. The van der Waals surface area contributed by atoms with Gasteiger partial charge < -0.3 is 9.67 Å². The van der Waals surface area contributed by atoms with Crippen LogP contribution in [0.3, 0.4) is 0 Å². The molecular formula is C15H14N2OS. The number of aliphatic hydroxyl groups excluding tert-OH is 1. The fraction of sp³-hybridized carbons (Fsp3) is 0.133. The maximum absolute atomic E-state index is 9.04. The molecule has 0 aliphatic heterocycles. The van der Waals surface area contributed by atoms with Crippen LogP contribution in [0.15, 0.2) is 54.2 Å². The van der Waals surface area contributed by atoms with Crippen LogP contribution in [0.5, 0.6) is 0 Å². The van der Waals surface area contributed by atoms with Gasteiger partial charge in [-0.3, -0.25) is 0 Å². The van der Waals surface area contributed by atoms with Gasteiger partial charge >= 0.3 is 0 Å². The predicted molar refractivity (Wildman–Crippen MR) is 77.0 cm³/mol. The molecule has 0 amide bonds. The third-order valence-electron chi connectivity index (χ3n) is 3.02. The van der Waals surface area contributed by atoms with E-state index in [1.807, 2.05) is 42.7 Å². The lowest BCUT2D eigenvalue weighted by atomic mass is 10.1. The molecular weight excluding hydrogens is 256 g/mol. The van der Waals surface area contributed by atoms with Gasteiger partial charge in [0.05, 0.1) is 11.5 Å². The number of aliphatic hydroxyl groups is 1. The first-order valence-electron chi connectivity index (χ1n) is 6.10. The SMILES string of the molecule is OCc1ccc(Cn2ccnc2-c2cccs2)cc1. The summed E-state index contributed by atoms with van der Waals surface area (Å²) in [6.45, 7) is 0.880. The average molecular weight is 270 g/mol. The molecule has 2 heterocycles. The summed E-state index contributed by atoms with van der Waals surface area (Å²) < 4.78 is 2.14. The van der Waals surface area contributed by atoms with E-state index in [1.54, 1.807) is 11.3 Å². The fourth-order valence-electron chi connectivity index (χ4n) is 2.01. The van der Waals surface area contributed by atoms with Crippen LogP contribution < -0.4 is 0 Å². The molecule has 1 aromatic carbocycles. The molecule has 0 atom stereocenters. The Morgan fingerprint density at radius 2 is 1.89 bits per heavy atom. The Hall–Kier alpha value is -1.91. The lowest BCUT2D eigenvalue weighted by Gasteiger charge is -2.07. The van der Waals surface area contributed by atoms with E-state index in [-0.39, 0.29) is 6.61 Å². The van der Waals surface area contributed by atoms with E-state index < -0.39 is 0 Å². The van der Waals surface area contributed by atoms with Crippen molar-refractivity contribution in [2.45, 2.75) is 13.2 Å². The van der Waals surface area contributed by atoms with Gasteiger partial charge in [0.15, 0.2) is 0 Å². The summed E-state index contributed by atoms with van der Waals surface area (Å²) in [6, 6.07) is 12.1. The monoisotopic (exact) mass is 270 g/mol. The summed E-state index contributed by atoms with van der Waals surface area (Å²) in [5.41, 5.74) is 2.14. The van der Waals surface area contributed by atoms with Crippen molar-refractivity contribution in [3.63, 3.8) is 0 Å². The van der Waals surface area contributed by atoms with Gasteiger partial charge in [-0.2, -0.15) is 0 Å². The molecule has 0 bridgehead atoms. The normalized spacial score (nSPS) is 10.8. The van der Waals surface area contributed by atoms with E-state index in [4.69, 9.17) is 5.11 Å². The minimum Gasteiger partial charge on any atom is -0.392 e. The molecule has 19 heavy (non-hydrogen) atoms. The number of thiophene rings is 1. The first-order valence-corrected chi connectivity index (χ1v) is 6.98. The van der Waals surface area contributed by atoms with Crippen LogP contribution in [0.2, 0.25) is 0 Å². The second-order valence-electron chi connectivity index (χ2n) is 4.33. The van der Waals surface area contributed by atoms with E-state index in [0.717, 1.165) is 17.9 Å². The van der Waals surface area contributed by atoms with Crippen LogP contribution >= 0.6 is 11.3 Å². The van der Waals surface area contributed by atoms with Gasteiger partial charge in [0.2, 0.25) is 0 Å². The molecule has 3 rings (SSSR count). The number of aromatic nitrogens is 2. The molecule has 3 aromatic rings. The Bertz CT molecular complexity index is 641. The largest absolute Gasteiger partial charge is 0.392 e. The van der Waals surface area contributed by atoms with Crippen LogP contribution in [-0.2, 0) is 13.2 Å². The van der Waals surface area contributed by atoms with Gasteiger partial charge in [0, 0.05) is 18.9 Å². The molecule has 96 valence electrons. The number of benzene rings is 1. The van der Waals surface area contributed by atoms with E-state index in [0.29, 0.717) is 0 Å². The van der Waals surface area contributed by atoms with Gasteiger partial charge in [0.25, 0.3) is 0 Å². The van der Waals surface area contributed by atoms with Crippen molar-refractivity contribution < 1.29 is 5.11 Å². The van der Waals surface area contributed by atoms with Crippen LogP contribution in [-0.4, -0.2) is 14.7 Å².